The minimum absolute atomic E-state index is 0.510. The molecule has 0 aliphatic rings. The summed E-state index contributed by atoms with van der Waals surface area (Å²) < 4.78 is 11.0. The SMILES string of the molecule is COc1ccc2cc(CN(C)CCOc3ccc(Cl)cc3)c(Cl)nc2c1. The van der Waals surface area contributed by atoms with E-state index in [1.54, 1.807) is 7.11 Å². The molecule has 0 unspecified atom stereocenters. The topological polar surface area (TPSA) is 34.6 Å². The van der Waals surface area contributed by atoms with Crippen molar-refractivity contribution in [3.05, 3.63) is 64.3 Å². The van der Waals surface area contributed by atoms with Gasteiger partial charge in [-0.15, -0.1) is 0 Å². The normalized spacial score (nSPS) is 11.1. The highest BCUT2D eigenvalue weighted by atomic mass is 35.5. The molecule has 0 aliphatic heterocycles. The average molecular weight is 391 g/mol. The Morgan fingerprint density at radius 1 is 1.00 bits per heavy atom. The molecule has 1 aromatic heterocycles. The van der Waals surface area contributed by atoms with Crippen LogP contribution in [0.15, 0.2) is 48.5 Å². The van der Waals surface area contributed by atoms with Gasteiger partial charge in [0.05, 0.1) is 12.6 Å². The number of hydrogen-bond acceptors (Lipinski definition) is 4. The van der Waals surface area contributed by atoms with Crippen LogP contribution < -0.4 is 9.47 Å². The number of fused-ring (bicyclic) bond motifs is 1. The fraction of sp³-hybridized carbons (Fsp3) is 0.250. The van der Waals surface area contributed by atoms with Gasteiger partial charge in [0, 0.05) is 35.1 Å². The van der Waals surface area contributed by atoms with E-state index in [4.69, 9.17) is 32.7 Å². The summed E-state index contributed by atoms with van der Waals surface area (Å²) in [6.07, 6.45) is 0. The molecular weight excluding hydrogens is 371 g/mol. The van der Waals surface area contributed by atoms with E-state index in [2.05, 4.69) is 16.0 Å². The molecule has 0 amide bonds. The molecule has 0 spiro atoms. The first-order valence-electron chi connectivity index (χ1n) is 8.25. The van der Waals surface area contributed by atoms with Gasteiger partial charge in [0.15, 0.2) is 0 Å². The molecule has 6 heteroatoms. The standard InChI is InChI=1S/C20H20Cl2N2O2/c1-24(9-10-26-17-7-4-16(21)5-8-17)13-15-11-14-3-6-18(25-2)12-19(14)23-20(15)22/h3-8,11-12H,9-10,13H2,1-2H3. The van der Waals surface area contributed by atoms with Gasteiger partial charge in [-0.3, -0.25) is 4.90 Å². The molecule has 136 valence electrons. The molecule has 0 radical (unpaired) electrons. The molecule has 26 heavy (non-hydrogen) atoms. The van der Waals surface area contributed by atoms with Gasteiger partial charge in [0.2, 0.25) is 0 Å². The number of pyridine rings is 1. The van der Waals surface area contributed by atoms with Crippen molar-refractivity contribution in [1.82, 2.24) is 9.88 Å². The number of aromatic nitrogens is 1. The van der Waals surface area contributed by atoms with Gasteiger partial charge in [-0.2, -0.15) is 0 Å². The lowest BCUT2D eigenvalue weighted by atomic mass is 10.1. The predicted octanol–water partition coefficient (Wildman–Crippen LogP) is 5.06. The van der Waals surface area contributed by atoms with Crippen molar-refractivity contribution in [2.45, 2.75) is 6.54 Å². The van der Waals surface area contributed by atoms with E-state index < -0.39 is 0 Å². The van der Waals surface area contributed by atoms with E-state index >= 15 is 0 Å². The van der Waals surface area contributed by atoms with Gasteiger partial charge >= 0.3 is 0 Å². The fourth-order valence-corrected chi connectivity index (χ4v) is 2.96. The van der Waals surface area contributed by atoms with E-state index in [1.807, 2.05) is 49.5 Å². The van der Waals surface area contributed by atoms with Crippen molar-refractivity contribution in [3.8, 4) is 11.5 Å². The van der Waals surface area contributed by atoms with Crippen molar-refractivity contribution in [3.63, 3.8) is 0 Å². The van der Waals surface area contributed by atoms with E-state index in [1.165, 1.54) is 0 Å². The largest absolute Gasteiger partial charge is 0.497 e. The van der Waals surface area contributed by atoms with E-state index in [0.29, 0.717) is 23.3 Å². The van der Waals surface area contributed by atoms with Crippen LogP contribution in [0, 0.1) is 0 Å². The lowest BCUT2D eigenvalue weighted by molar-refractivity contribution is 0.233. The third kappa shape index (κ3) is 4.79. The molecule has 0 saturated carbocycles. The number of halogens is 2. The smallest absolute Gasteiger partial charge is 0.134 e. The highest BCUT2D eigenvalue weighted by molar-refractivity contribution is 6.30. The third-order valence-corrected chi connectivity index (χ3v) is 4.63. The Bertz CT molecular complexity index is 885. The number of ether oxygens (including phenoxy) is 2. The summed E-state index contributed by atoms with van der Waals surface area (Å²) in [6.45, 7) is 2.03. The van der Waals surface area contributed by atoms with Crippen LogP contribution in [0.1, 0.15) is 5.56 Å². The Hall–Kier alpha value is -2.01. The zero-order valence-corrected chi connectivity index (χ0v) is 16.2. The molecule has 0 bridgehead atoms. The highest BCUT2D eigenvalue weighted by Gasteiger charge is 2.09. The van der Waals surface area contributed by atoms with Crippen LogP contribution in [0.4, 0.5) is 0 Å². The number of hydrogen-bond donors (Lipinski definition) is 0. The summed E-state index contributed by atoms with van der Waals surface area (Å²) in [6, 6.07) is 15.2. The second-order valence-electron chi connectivity index (χ2n) is 6.04. The molecule has 1 heterocycles. The molecule has 0 fully saturated rings. The summed E-state index contributed by atoms with van der Waals surface area (Å²) in [4.78, 5) is 6.64. The van der Waals surface area contributed by atoms with Gasteiger partial charge in [-0.05, 0) is 49.5 Å². The molecule has 4 nitrogen and oxygen atoms in total. The molecular formula is C20H20Cl2N2O2. The molecule has 2 aromatic carbocycles. The zero-order chi connectivity index (χ0) is 18.5. The minimum atomic E-state index is 0.510. The van der Waals surface area contributed by atoms with Crippen molar-refractivity contribution >= 4 is 34.1 Å². The summed E-state index contributed by atoms with van der Waals surface area (Å²) in [7, 11) is 3.66. The number of benzene rings is 2. The van der Waals surface area contributed by atoms with E-state index in [0.717, 1.165) is 34.5 Å². The number of rotatable bonds is 7. The maximum absolute atomic E-state index is 6.37. The zero-order valence-electron chi connectivity index (χ0n) is 14.7. The van der Waals surface area contributed by atoms with Crippen molar-refractivity contribution in [2.24, 2.45) is 0 Å². The maximum Gasteiger partial charge on any atom is 0.134 e. The molecule has 0 saturated heterocycles. The maximum atomic E-state index is 6.37. The Kier molecular flexibility index (Phi) is 6.20. The average Bonchev–Trinajstić information content (AvgIpc) is 2.63. The first-order valence-corrected chi connectivity index (χ1v) is 9.01. The number of likely N-dealkylation sites (N-methyl/N-ethyl adjacent to an activating group) is 1. The van der Waals surface area contributed by atoms with Crippen molar-refractivity contribution in [2.75, 3.05) is 27.3 Å². The first kappa shape index (κ1) is 18.8. The van der Waals surface area contributed by atoms with Crippen molar-refractivity contribution < 1.29 is 9.47 Å². The minimum Gasteiger partial charge on any atom is -0.497 e. The lowest BCUT2D eigenvalue weighted by Crippen LogP contribution is -2.24. The molecule has 3 rings (SSSR count). The molecule has 0 atom stereocenters. The van der Waals surface area contributed by atoms with Gasteiger partial charge in [-0.25, -0.2) is 4.98 Å². The second-order valence-corrected chi connectivity index (χ2v) is 6.83. The Morgan fingerprint density at radius 2 is 1.73 bits per heavy atom. The third-order valence-electron chi connectivity index (χ3n) is 4.05. The first-order chi connectivity index (χ1) is 12.5. The number of methoxy groups -OCH3 is 1. The summed E-state index contributed by atoms with van der Waals surface area (Å²) in [5, 5.41) is 2.25. The Labute approximate surface area is 163 Å². The molecule has 3 aromatic rings. The monoisotopic (exact) mass is 390 g/mol. The van der Waals surface area contributed by atoms with E-state index in [-0.39, 0.29) is 0 Å². The summed E-state index contributed by atoms with van der Waals surface area (Å²) >= 11 is 12.2. The predicted molar refractivity (Wildman–Crippen MR) is 107 cm³/mol. The van der Waals surface area contributed by atoms with Crippen LogP contribution in [0.3, 0.4) is 0 Å². The van der Waals surface area contributed by atoms with Crippen molar-refractivity contribution in [1.29, 1.82) is 0 Å². The van der Waals surface area contributed by atoms with Crippen LogP contribution in [-0.4, -0.2) is 37.2 Å². The summed E-state index contributed by atoms with van der Waals surface area (Å²) in [5.74, 6) is 1.58. The van der Waals surface area contributed by atoms with Gasteiger partial charge in [-0.1, -0.05) is 23.2 Å². The lowest BCUT2D eigenvalue weighted by Gasteiger charge is -2.18. The van der Waals surface area contributed by atoms with Crippen LogP contribution in [0.25, 0.3) is 10.9 Å². The Balaban J connectivity index is 1.60. The Morgan fingerprint density at radius 3 is 2.46 bits per heavy atom. The van der Waals surface area contributed by atoms with Gasteiger partial charge < -0.3 is 9.47 Å². The second kappa shape index (κ2) is 8.58. The van der Waals surface area contributed by atoms with Gasteiger partial charge in [0.25, 0.3) is 0 Å². The number of nitrogens with zero attached hydrogens (tertiary/aromatic N) is 2. The fourth-order valence-electron chi connectivity index (χ4n) is 2.63. The molecule has 0 N–H and O–H groups in total. The van der Waals surface area contributed by atoms with Crippen LogP contribution in [0.2, 0.25) is 10.2 Å². The molecule has 0 aliphatic carbocycles. The van der Waals surface area contributed by atoms with Crippen LogP contribution >= 0.6 is 23.2 Å². The van der Waals surface area contributed by atoms with Crippen LogP contribution in [0.5, 0.6) is 11.5 Å². The quantitative estimate of drug-likeness (QED) is 0.528. The summed E-state index contributed by atoms with van der Waals surface area (Å²) in [5.41, 5.74) is 1.81. The van der Waals surface area contributed by atoms with Gasteiger partial charge in [0.1, 0.15) is 23.3 Å². The highest BCUT2D eigenvalue weighted by Crippen LogP contribution is 2.25. The van der Waals surface area contributed by atoms with Crippen LogP contribution in [-0.2, 0) is 6.54 Å². The van der Waals surface area contributed by atoms with E-state index in [9.17, 15) is 0 Å².